The van der Waals surface area contributed by atoms with Gasteiger partial charge in [-0.3, -0.25) is 0 Å². The molecule has 0 fully saturated rings. The Balaban J connectivity index is 2.00. The van der Waals surface area contributed by atoms with Crippen LogP contribution in [0.25, 0.3) is 0 Å². The quantitative estimate of drug-likeness (QED) is 0.813. The van der Waals surface area contributed by atoms with Gasteiger partial charge in [0.2, 0.25) is 0 Å². The highest BCUT2D eigenvalue weighted by Crippen LogP contribution is 2.37. The molecule has 24 heavy (non-hydrogen) atoms. The van der Waals surface area contributed by atoms with E-state index < -0.39 is 11.7 Å². The van der Waals surface area contributed by atoms with Gasteiger partial charge in [0.25, 0.3) is 5.88 Å². The highest BCUT2D eigenvalue weighted by molar-refractivity contribution is 6.30. The Bertz CT molecular complexity index is 780. The van der Waals surface area contributed by atoms with Gasteiger partial charge in [-0.1, -0.05) is 17.7 Å². The zero-order chi connectivity index (χ0) is 17.5. The van der Waals surface area contributed by atoms with E-state index in [2.05, 4.69) is 10.2 Å². The maximum Gasteiger partial charge on any atom is 0.416 e. The van der Waals surface area contributed by atoms with Crippen LogP contribution in [0, 0.1) is 6.92 Å². The van der Waals surface area contributed by atoms with Crippen molar-refractivity contribution in [2.75, 3.05) is 18.6 Å². The number of fused-ring (bicyclic) bond motifs is 1. The van der Waals surface area contributed by atoms with E-state index in [0.29, 0.717) is 42.2 Å². The number of benzene rings is 1. The van der Waals surface area contributed by atoms with E-state index in [1.165, 1.54) is 13.2 Å². The summed E-state index contributed by atoms with van der Waals surface area (Å²) in [5, 5.41) is 7.98. The summed E-state index contributed by atoms with van der Waals surface area (Å²) in [6.07, 6.45) is -3.72. The van der Waals surface area contributed by atoms with Crippen molar-refractivity contribution in [3.8, 4) is 5.88 Å². The lowest BCUT2D eigenvalue weighted by Gasteiger charge is -2.32. The molecule has 0 radical (unpaired) electrons. The van der Waals surface area contributed by atoms with E-state index in [9.17, 15) is 13.2 Å². The maximum absolute atomic E-state index is 12.9. The third-order valence-electron chi connectivity index (χ3n) is 4.15. The van der Waals surface area contributed by atoms with Gasteiger partial charge in [-0.25, -0.2) is 0 Å². The van der Waals surface area contributed by atoms with E-state index >= 15 is 0 Å². The van der Waals surface area contributed by atoms with E-state index in [-0.39, 0.29) is 5.15 Å². The summed E-state index contributed by atoms with van der Waals surface area (Å²) in [6, 6.07) is 3.89. The zero-order valence-electron chi connectivity index (χ0n) is 13.1. The average Bonchev–Trinajstić information content (AvgIpc) is 2.55. The molecule has 128 valence electrons. The van der Waals surface area contributed by atoms with Crippen LogP contribution in [0.3, 0.4) is 0 Å². The van der Waals surface area contributed by atoms with Crippen LogP contribution in [-0.2, 0) is 19.1 Å². The van der Waals surface area contributed by atoms with Crippen molar-refractivity contribution in [1.82, 2.24) is 10.2 Å². The number of ether oxygens (including phenoxy) is 1. The molecular weight excluding hydrogens is 343 g/mol. The fraction of sp³-hybridized carbons (Fsp3) is 0.375. The number of hydrogen-bond acceptors (Lipinski definition) is 4. The van der Waals surface area contributed by atoms with Crippen LogP contribution in [0.1, 0.15) is 22.3 Å². The normalized spacial score (nSPS) is 14.5. The Kier molecular flexibility index (Phi) is 4.29. The van der Waals surface area contributed by atoms with Crippen LogP contribution >= 0.6 is 11.6 Å². The monoisotopic (exact) mass is 357 g/mol. The molecule has 0 saturated carbocycles. The first-order valence-electron chi connectivity index (χ1n) is 7.32. The van der Waals surface area contributed by atoms with E-state index in [0.717, 1.165) is 11.6 Å². The molecule has 4 nitrogen and oxygen atoms in total. The van der Waals surface area contributed by atoms with Crippen molar-refractivity contribution >= 4 is 17.3 Å². The SMILES string of the molecule is COc1nnc(Cl)c(C)c1N1CCc2ccc(C(F)(F)F)cc2C1. The van der Waals surface area contributed by atoms with E-state index in [4.69, 9.17) is 16.3 Å². The third kappa shape index (κ3) is 3.00. The number of halogens is 4. The van der Waals surface area contributed by atoms with Gasteiger partial charge in [0.05, 0.1) is 12.7 Å². The van der Waals surface area contributed by atoms with Gasteiger partial charge in [-0.15, -0.1) is 10.2 Å². The molecule has 0 spiro atoms. The van der Waals surface area contributed by atoms with Gasteiger partial charge < -0.3 is 9.64 Å². The van der Waals surface area contributed by atoms with Crippen molar-refractivity contribution in [1.29, 1.82) is 0 Å². The minimum absolute atomic E-state index is 0.251. The molecule has 2 aromatic rings. The number of alkyl halides is 3. The van der Waals surface area contributed by atoms with Crippen LogP contribution in [0.15, 0.2) is 18.2 Å². The summed E-state index contributed by atoms with van der Waals surface area (Å²) < 4.78 is 44.1. The standard InChI is InChI=1S/C16H15ClF3N3O/c1-9-13(15(24-2)22-21-14(9)17)23-6-5-10-3-4-12(16(18,19)20)7-11(10)8-23/h3-4,7H,5-6,8H2,1-2H3. The number of methoxy groups -OCH3 is 1. The summed E-state index contributed by atoms with van der Waals surface area (Å²) >= 11 is 6.04. The van der Waals surface area contributed by atoms with Crippen molar-refractivity contribution in [3.63, 3.8) is 0 Å². The lowest BCUT2D eigenvalue weighted by atomic mass is 9.96. The fourth-order valence-electron chi connectivity index (χ4n) is 2.90. The fourth-order valence-corrected chi connectivity index (χ4v) is 3.03. The largest absolute Gasteiger partial charge is 0.478 e. The Hall–Kier alpha value is -2.02. The first-order chi connectivity index (χ1) is 11.3. The minimum Gasteiger partial charge on any atom is -0.478 e. The van der Waals surface area contributed by atoms with Gasteiger partial charge in [-0.2, -0.15) is 13.2 Å². The molecule has 0 amide bonds. The Morgan fingerprint density at radius 1 is 1.21 bits per heavy atom. The van der Waals surface area contributed by atoms with Gasteiger partial charge in [0, 0.05) is 18.7 Å². The lowest BCUT2D eigenvalue weighted by molar-refractivity contribution is -0.137. The second-order valence-electron chi connectivity index (χ2n) is 5.63. The smallest absolute Gasteiger partial charge is 0.416 e. The Morgan fingerprint density at radius 2 is 1.96 bits per heavy atom. The maximum atomic E-state index is 12.9. The summed E-state index contributed by atoms with van der Waals surface area (Å²) in [5.74, 6) is 0.312. The van der Waals surface area contributed by atoms with Gasteiger partial charge in [0.15, 0.2) is 5.15 Å². The molecule has 1 aliphatic rings. The van der Waals surface area contributed by atoms with Crippen molar-refractivity contribution in [3.05, 3.63) is 45.6 Å². The van der Waals surface area contributed by atoms with Crippen molar-refractivity contribution < 1.29 is 17.9 Å². The highest BCUT2D eigenvalue weighted by Gasteiger charge is 2.32. The van der Waals surface area contributed by atoms with Gasteiger partial charge in [0.1, 0.15) is 5.69 Å². The molecule has 3 rings (SSSR count). The molecule has 1 aromatic heterocycles. The molecule has 0 bridgehead atoms. The predicted molar refractivity (Wildman–Crippen MR) is 84.5 cm³/mol. The van der Waals surface area contributed by atoms with E-state index in [1.54, 1.807) is 13.0 Å². The summed E-state index contributed by atoms with van der Waals surface area (Å²) in [6.45, 7) is 2.76. The van der Waals surface area contributed by atoms with E-state index in [1.807, 2.05) is 4.90 Å². The second-order valence-corrected chi connectivity index (χ2v) is 5.98. The van der Waals surface area contributed by atoms with Crippen molar-refractivity contribution in [2.24, 2.45) is 0 Å². The third-order valence-corrected chi connectivity index (χ3v) is 4.51. The molecule has 0 N–H and O–H groups in total. The first-order valence-corrected chi connectivity index (χ1v) is 7.69. The molecule has 8 heteroatoms. The summed E-state index contributed by atoms with van der Waals surface area (Å²) in [5.41, 5.74) is 2.28. The number of hydrogen-bond donors (Lipinski definition) is 0. The second kappa shape index (κ2) is 6.12. The average molecular weight is 358 g/mol. The molecular formula is C16H15ClF3N3O. The van der Waals surface area contributed by atoms with Crippen LogP contribution in [-0.4, -0.2) is 23.9 Å². The number of anilines is 1. The van der Waals surface area contributed by atoms with Crippen LogP contribution in [0.2, 0.25) is 5.15 Å². The molecule has 1 aliphatic heterocycles. The van der Waals surface area contributed by atoms with Crippen LogP contribution < -0.4 is 9.64 Å². The van der Waals surface area contributed by atoms with Crippen LogP contribution in [0.5, 0.6) is 5.88 Å². The number of aromatic nitrogens is 2. The number of nitrogens with zero attached hydrogens (tertiary/aromatic N) is 3. The first kappa shape index (κ1) is 16.8. The Labute approximate surface area is 142 Å². The molecule has 0 aliphatic carbocycles. The zero-order valence-corrected chi connectivity index (χ0v) is 13.9. The molecule has 2 heterocycles. The molecule has 1 aromatic carbocycles. The summed E-state index contributed by atoms with van der Waals surface area (Å²) in [4.78, 5) is 1.93. The Morgan fingerprint density at radius 3 is 2.62 bits per heavy atom. The number of rotatable bonds is 2. The predicted octanol–water partition coefficient (Wildman–Crippen LogP) is 4.03. The minimum atomic E-state index is -4.35. The molecule has 0 unspecified atom stereocenters. The highest BCUT2D eigenvalue weighted by atomic mass is 35.5. The van der Waals surface area contributed by atoms with Crippen molar-refractivity contribution in [2.45, 2.75) is 26.1 Å². The lowest BCUT2D eigenvalue weighted by Crippen LogP contribution is -2.32. The topological polar surface area (TPSA) is 38.3 Å². The summed E-state index contributed by atoms with van der Waals surface area (Å²) in [7, 11) is 1.47. The van der Waals surface area contributed by atoms with Gasteiger partial charge in [-0.05, 0) is 36.6 Å². The molecule has 0 saturated heterocycles. The van der Waals surface area contributed by atoms with Crippen LogP contribution in [0.4, 0.5) is 18.9 Å². The van der Waals surface area contributed by atoms with Gasteiger partial charge >= 0.3 is 6.18 Å². The molecule has 0 atom stereocenters.